The summed E-state index contributed by atoms with van der Waals surface area (Å²) in [6.07, 6.45) is 0. The summed E-state index contributed by atoms with van der Waals surface area (Å²) in [6.45, 7) is 3.92. The Hall–Kier alpha value is -4.66. The zero-order chi connectivity index (χ0) is 26.1. The third-order valence-corrected chi connectivity index (χ3v) is 6.33. The second kappa shape index (κ2) is 9.77. The van der Waals surface area contributed by atoms with Crippen LogP contribution in [0.2, 0.25) is 0 Å². The average molecular weight is 500 g/mol. The van der Waals surface area contributed by atoms with Gasteiger partial charge in [-0.2, -0.15) is 0 Å². The van der Waals surface area contributed by atoms with E-state index in [0.717, 1.165) is 10.5 Å². The van der Waals surface area contributed by atoms with Crippen LogP contribution < -0.4 is 19.7 Å². The molecule has 1 atom stereocenters. The molecule has 4 amide bonds. The van der Waals surface area contributed by atoms with Gasteiger partial charge in [0.15, 0.2) is 6.61 Å². The van der Waals surface area contributed by atoms with Gasteiger partial charge in [-0.25, -0.2) is 0 Å². The van der Waals surface area contributed by atoms with E-state index in [0.29, 0.717) is 22.9 Å². The van der Waals surface area contributed by atoms with E-state index < -0.39 is 23.8 Å². The number of benzene rings is 3. The van der Waals surface area contributed by atoms with Gasteiger partial charge in [0.2, 0.25) is 5.91 Å². The van der Waals surface area contributed by atoms with Crippen LogP contribution in [0.25, 0.3) is 0 Å². The van der Waals surface area contributed by atoms with E-state index in [1.165, 1.54) is 6.92 Å². The largest absolute Gasteiger partial charge is 0.492 e. The Morgan fingerprint density at radius 2 is 1.73 bits per heavy atom. The number of amides is 4. The first-order valence-electron chi connectivity index (χ1n) is 11.9. The Balaban J connectivity index is 1.29. The Morgan fingerprint density at radius 1 is 1.00 bits per heavy atom. The number of ether oxygens (including phenoxy) is 2. The number of nitrogens with zero attached hydrogens (tertiary/aromatic N) is 2. The van der Waals surface area contributed by atoms with Gasteiger partial charge in [0.25, 0.3) is 17.7 Å². The smallest absolute Gasteiger partial charge is 0.265 e. The highest BCUT2D eigenvalue weighted by molar-refractivity contribution is 6.23. The second-order valence-electron chi connectivity index (χ2n) is 8.87. The maximum absolute atomic E-state index is 13.0. The standard InChI is InChI=1S/C28H25N3O6/c1-17-6-5-7-20(14-17)36-13-12-30-23-15-19(10-11-24(23)37-16-25(30)32)29-26(33)18(2)31-27(34)21-8-3-4-9-22(21)28(31)35/h3-11,14-15,18H,12-13,16H2,1-2H3,(H,29,33). The van der Waals surface area contributed by atoms with Crippen LogP contribution in [0.4, 0.5) is 11.4 Å². The number of imide groups is 1. The molecule has 9 heteroatoms. The normalized spacial score (nSPS) is 15.1. The van der Waals surface area contributed by atoms with Crippen LogP contribution in [-0.2, 0) is 9.59 Å². The summed E-state index contributed by atoms with van der Waals surface area (Å²) in [7, 11) is 0. The Bertz CT molecular complexity index is 1380. The van der Waals surface area contributed by atoms with Crippen LogP contribution in [0.15, 0.2) is 66.7 Å². The van der Waals surface area contributed by atoms with Crippen LogP contribution in [0.3, 0.4) is 0 Å². The molecule has 3 aromatic rings. The highest BCUT2D eigenvalue weighted by atomic mass is 16.5. The van der Waals surface area contributed by atoms with Gasteiger partial charge in [-0.3, -0.25) is 24.1 Å². The molecule has 0 saturated heterocycles. The van der Waals surface area contributed by atoms with Crippen molar-refractivity contribution in [2.75, 3.05) is 30.0 Å². The van der Waals surface area contributed by atoms with Crippen molar-refractivity contribution in [1.82, 2.24) is 4.90 Å². The molecule has 3 aromatic carbocycles. The van der Waals surface area contributed by atoms with E-state index in [-0.39, 0.29) is 36.8 Å². The molecule has 2 heterocycles. The highest BCUT2D eigenvalue weighted by Gasteiger charge is 2.40. The van der Waals surface area contributed by atoms with Crippen molar-refractivity contribution in [3.05, 3.63) is 83.4 Å². The lowest BCUT2D eigenvalue weighted by Gasteiger charge is -2.30. The summed E-state index contributed by atoms with van der Waals surface area (Å²) in [5.41, 5.74) is 2.52. The van der Waals surface area contributed by atoms with Crippen LogP contribution >= 0.6 is 0 Å². The molecule has 1 N–H and O–H groups in total. The molecular formula is C28H25N3O6. The van der Waals surface area contributed by atoms with Crippen molar-refractivity contribution in [3.63, 3.8) is 0 Å². The molecule has 0 aromatic heterocycles. The molecule has 0 saturated carbocycles. The van der Waals surface area contributed by atoms with Gasteiger partial charge in [-0.05, 0) is 61.9 Å². The molecule has 2 aliphatic heterocycles. The fourth-order valence-corrected chi connectivity index (χ4v) is 4.41. The minimum absolute atomic E-state index is 0.0973. The summed E-state index contributed by atoms with van der Waals surface area (Å²) in [6, 6.07) is 18.0. The van der Waals surface area contributed by atoms with Gasteiger partial charge < -0.3 is 19.7 Å². The van der Waals surface area contributed by atoms with Gasteiger partial charge in [-0.15, -0.1) is 0 Å². The summed E-state index contributed by atoms with van der Waals surface area (Å²) in [5.74, 6) is -0.569. The number of hydrogen-bond donors (Lipinski definition) is 1. The lowest BCUT2D eigenvalue weighted by molar-refractivity contribution is -0.121. The molecule has 9 nitrogen and oxygen atoms in total. The van der Waals surface area contributed by atoms with Gasteiger partial charge >= 0.3 is 0 Å². The fraction of sp³-hybridized carbons (Fsp3) is 0.214. The van der Waals surface area contributed by atoms with Crippen molar-refractivity contribution in [1.29, 1.82) is 0 Å². The fourth-order valence-electron chi connectivity index (χ4n) is 4.41. The summed E-state index contributed by atoms with van der Waals surface area (Å²) in [5, 5.41) is 2.75. The monoisotopic (exact) mass is 499 g/mol. The maximum Gasteiger partial charge on any atom is 0.265 e. The molecule has 188 valence electrons. The van der Waals surface area contributed by atoms with Crippen molar-refractivity contribution < 1.29 is 28.7 Å². The van der Waals surface area contributed by atoms with Crippen LogP contribution in [0.1, 0.15) is 33.2 Å². The van der Waals surface area contributed by atoms with Crippen molar-refractivity contribution >= 4 is 35.0 Å². The van der Waals surface area contributed by atoms with Gasteiger partial charge in [0.1, 0.15) is 24.1 Å². The van der Waals surface area contributed by atoms with Crippen LogP contribution in [0, 0.1) is 6.92 Å². The molecule has 5 rings (SSSR count). The molecule has 37 heavy (non-hydrogen) atoms. The first-order chi connectivity index (χ1) is 17.8. The molecule has 2 aliphatic rings. The molecular weight excluding hydrogens is 474 g/mol. The highest BCUT2D eigenvalue weighted by Crippen LogP contribution is 2.35. The van der Waals surface area contributed by atoms with E-state index in [4.69, 9.17) is 9.47 Å². The molecule has 0 aliphatic carbocycles. The zero-order valence-corrected chi connectivity index (χ0v) is 20.4. The predicted octanol–water partition coefficient (Wildman–Crippen LogP) is 3.42. The summed E-state index contributed by atoms with van der Waals surface area (Å²) in [4.78, 5) is 53.7. The number of anilines is 2. The molecule has 0 bridgehead atoms. The topological polar surface area (TPSA) is 105 Å². The summed E-state index contributed by atoms with van der Waals surface area (Å²) >= 11 is 0. The number of hydrogen-bond acceptors (Lipinski definition) is 6. The molecule has 0 spiro atoms. The molecule has 0 fully saturated rings. The van der Waals surface area contributed by atoms with Gasteiger partial charge in [0, 0.05) is 5.69 Å². The number of fused-ring (bicyclic) bond motifs is 2. The SMILES string of the molecule is Cc1cccc(OCCN2C(=O)COc3ccc(NC(=O)C(C)N4C(=O)c5ccccc5C4=O)cc32)c1. The minimum atomic E-state index is -1.04. The lowest BCUT2D eigenvalue weighted by Crippen LogP contribution is -2.45. The quantitative estimate of drug-likeness (QED) is 0.500. The van der Waals surface area contributed by atoms with E-state index >= 15 is 0 Å². The number of aryl methyl sites for hydroxylation is 1. The van der Waals surface area contributed by atoms with Crippen molar-refractivity contribution in [2.24, 2.45) is 0 Å². The van der Waals surface area contributed by atoms with Crippen molar-refractivity contribution in [3.8, 4) is 11.5 Å². The van der Waals surface area contributed by atoms with E-state index in [1.807, 2.05) is 31.2 Å². The summed E-state index contributed by atoms with van der Waals surface area (Å²) < 4.78 is 11.4. The van der Waals surface area contributed by atoms with Gasteiger partial charge in [0.05, 0.1) is 23.4 Å². The van der Waals surface area contributed by atoms with Crippen molar-refractivity contribution in [2.45, 2.75) is 19.9 Å². The number of rotatable bonds is 7. The zero-order valence-electron chi connectivity index (χ0n) is 20.4. The van der Waals surface area contributed by atoms with E-state index in [9.17, 15) is 19.2 Å². The lowest BCUT2D eigenvalue weighted by atomic mass is 10.1. The maximum atomic E-state index is 13.0. The first-order valence-corrected chi connectivity index (χ1v) is 11.9. The number of carbonyl (C=O) groups is 4. The van der Waals surface area contributed by atoms with Gasteiger partial charge in [-0.1, -0.05) is 24.3 Å². The number of carbonyl (C=O) groups excluding carboxylic acids is 4. The van der Waals surface area contributed by atoms with E-state index in [2.05, 4.69) is 5.32 Å². The first kappa shape index (κ1) is 24.1. The Kier molecular flexibility index (Phi) is 6.35. The second-order valence-corrected chi connectivity index (χ2v) is 8.87. The van der Waals surface area contributed by atoms with E-state index in [1.54, 1.807) is 47.4 Å². The van der Waals surface area contributed by atoms with Crippen LogP contribution in [-0.4, -0.2) is 54.3 Å². The Morgan fingerprint density at radius 3 is 2.43 bits per heavy atom. The molecule has 1 unspecified atom stereocenters. The number of nitrogens with one attached hydrogen (secondary N) is 1. The minimum Gasteiger partial charge on any atom is -0.492 e. The Labute approximate surface area is 213 Å². The molecule has 0 radical (unpaired) electrons. The average Bonchev–Trinajstić information content (AvgIpc) is 3.14. The third-order valence-electron chi connectivity index (χ3n) is 6.33. The predicted molar refractivity (Wildman–Crippen MR) is 136 cm³/mol. The van der Waals surface area contributed by atoms with Crippen LogP contribution in [0.5, 0.6) is 11.5 Å². The third kappa shape index (κ3) is 4.63.